The van der Waals surface area contributed by atoms with E-state index in [1.807, 2.05) is 0 Å². The molecule has 0 aliphatic carbocycles. The molecule has 6 heteroatoms. The molecule has 0 heterocycles. The van der Waals surface area contributed by atoms with Crippen LogP contribution in [-0.2, 0) is 6.61 Å². The summed E-state index contributed by atoms with van der Waals surface area (Å²) in [5, 5.41) is 9.90. The first-order valence-electron chi connectivity index (χ1n) is 5.65. The number of halogens is 3. The maximum Gasteiger partial charge on any atom is 0.143 e. The van der Waals surface area contributed by atoms with Crippen LogP contribution in [0.1, 0.15) is 5.56 Å². The molecule has 2 aromatic rings. The summed E-state index contributed by atoms with van der Waals surface area (Å²) in [4.78, 5) is 0. The highest BCUT2D eigenvalue weighted by Gasteiger charge is 2.11. The molecule has 0 fully saturated rings. The van der Waals surface area contributed by atoms with Gasteiger partial charge in [0.05, 0.1) is 22.7 Å². The predicted octanol–water partition coefficient (Wildman–Crippen LogP) is 5.16. The molecular weight excluding hydrogens is 411 g/mol. The molecule has 106 valence electrons. The summed E-state index contributed by atoms with van der Waals surface area (Å²) in [5.41, 5.74) is 0.622. The highest BCUT2D eigenvalue weighted by Crippen LogP contribution is 2.39. The fraction of sp³-hybridized carbons (Fsp3) is 0.143. The summed E-state index contributed by atoms with van der Waals surface area (Å²) in [7, 11) is 1.59. The molecular formula is C14H11Br2ClO3. The Morgan fingerprint density at radius 3 is 2.35 bits per heavy atom. The Balaban J connectivity index is 2.37. The van der Waals surface area contributed by atoms with Crippen LogP contribution in [0.5, 0.6) is 17.2 Å². The van der Waals surface area contributed by atoms with E-state index in [0.29, 0.717) is 27.8 Å². The number of aliphatic hydroxyl groups excluding tert-OH is 1. The van der Waals surface area contributed by atoms with Gasteiger partial charge in [0, 0.05) is 10.6 Å². The quantitative estimate of drug-likeness (QED) is 0.740. The van der Waals surface area contributed by atoms with Crippen molar-refractivity contribution in [3.63, 3.8) is 0 Å². The standard InChI is InChI=1S/C14H11Br2ClO3/c1-19-13-5-11(16)14(6-10(13)15)20-12-3-2-9(17)4-8(12)7-18/h2-6,18H,7H2,1H3. The Kier molecular flexibility index (Phi) is 5.32. The van der Waals surface area contributed by atoms with Crippen LogP contribution < -0.4 is 9.47 Å². The van der Waals surface area contributed by atoms with Gasteiger partial charge in [-0.25, -0.2) is 0 Å². The molecule has 0 spiro atoms. The second-order valence-electron chi connectivity index (χ2n) is 3.93. The number of hydrogen-bond donors (Lipinski definition) is 1. The van der Waals surface area contributed by atoms with E-state index in [1.165, 1.54) is 0 Å². The minimum absolute atomic E-state index is 0.148. The van der Waals surface area contributed by atoms with Crippen molar-refractivity contribution in [1.82, 2.24) is 0 Å². The van der Waals surface area contributed by atoms with Crippen LogP contribution in [0.4, 0.5) is 0 Å². The van der Waals surface area contributed by atoms with Crippen molar-refractivity contribution in [1.29, 1.82) is 0 Å². The lowest BCUT2D eigenvalue weighted by Crippen LogP contribution is -1.93. The molecule has 3 nitrogen and oxygen atoms in total. The first kappa shape index (κ1) is 15.6. The first-order valence-corrected chi connectivity index (χ1v) is 7.61. The largest absolute Gasteiger partial charge is 0.496 e. The van der Waals surface area contributed by atoms with Crippen molar-refractivity contribution in [2.24, 2.45) is 0 Å². The lowest BCUT2D eigenvalue weighted by atomic mass is 10.2. The molecule has 0 bridgehead atoms. The Morgan fingerprint density at radius 1 is 1.05 bits per heavy atom. The van der Waals surface area contributed by atoms with Gasteiger partial charge in [0.1, 0.15) is 17.2 Å². The summed E-state index contributed by atoms with van der Waals surface area (Å²) >= 11 is 12.7. The third kappa shape index (κ3) is 3.47. The van der Waals surface area contributed by atoms with Gasteiger partial charge in [-0.05, 0) is 62.2 Å². The van der Waals surface area contributed by atoms with Crippen molar-refractivity contribution < 1.29 is 14.6 Å². The van der Waals surface area contributed by atoms with E-state index in [9.17, 15) is 5.11 Å². The number of methoxy groups -OCH3 is 1. The maximum atomic E-state index is 9.35. The van der Waals surface area contributed by atoms with E-state index in [2.05, 4.69) is 31.9 Å². The van der Waals surface area contributed by atoms with Gasteiger partial charge >= 0.3 is 0 Å². The lowest BCUT2D eigenvalue weighted by molar-refractivity contribution is 0.276. The Morgan fingerprint density at radius 2 is 1.70 bits per heavy atom. The third-order valence-corrected chi connectivity index (χ3v) is 4.09. The second kappa shape index (κ2) is 6.80. The topological polar surface area (TPSA) is 38.7 Å². The summed E-state index contributed by atoms with van der Waals surface area (Å²) in [6.07, 6.45) is 0. The molecule has 0 saturated carbocycles. The maximum absolute atomic E-state index is 9.35. The predicted molar refractivity (Wildman–Crippen MR) is 85.8 cm³/mol. The van der Waals surface area contributed by atoms with E-state index in [1.54, 1.807) is 37.4 Å². The zero-order valence-corrected chi connectivity index (χ0v) is 14.4. The molecule has 0 aliphatic heterocycles. The molecule has 0 atom stereocenters. The van der Waals surface area contributed by atoms with Gasteiger partial charge in [0.25, 0.3) is 0 Å². The summed E-state index contributed by atoms with van der Waals surface area (Å²) < 4.78 is 12.5. The van der Waals surface area contributed by atoms with Crippen LogP contribution in [0.25, 0.3) is 0 Å². The molecule has 0 amide bonds. The van der Waals surface area contributed by atoms with E-state index in [-0.39, 0.29) is 6.61 Å². The molecule has 0 radical (unpaired) electrons. The Hall–Kier alpha value is -0.750. The number of ether oxygens (including phenoxy) is 2. The molecule has 0 aromatic heterocycles. The average molecular weight is 423 g/mol. The fourth-order valence-corrected chi connectivity index (χ4v) is 2.72. The van der Waals surface area contributed by atoms with Gasteiger partial charge in [0.2, 0.25) is 0 Å². The molecule has 0 unspecified atom stereocenters. The van der Waals surface area contributed by atoms with E-state index in [4.69, 9.17) is 21.1 Å². The molecule has 2 rings (SSSR count). The summed E-state index contributed by atoms with van der Waals surface area (Å²) in [6.45, 7) is -0.148. The van der Waals surface area contributed by atoms with Crippen LogP contribution in [0.15, 0.2) is 39.3 Å². The van der Waals surface area contributed by atoms with Crippen LogP contribution in [0.2, 0.25) is 5.02 Å². The van der Waals surface area contributed by atoms with E-state index >= 15 is 0 Å². The Labute approximate surface area is 138 Å². The van der Waals surface area contributed by atoms with Gasteiger partial charge in [-0.15, -0.1) is 0 Å². The van der Waals surface area contributed by atoms with Gasteiger partial charge in [-0.3, -0.25) is 0 Å². The van der Waals surface area contributed by atoms with Gasteiger partial charge in [0.15, 0.2) is 0 Å². The van der Waals surface area contributed by atoms with E-state index in [0.717, 1.165) is 8.95 Å². The molecule has 2 aromatic carbocycles. The van der Waals surface area contributed by atoms with Crippen LogP contribution in [0.3, 0.4) is 0 Å². The smallest absolute Gasteiger partial charge is 0.143 e. The number of rotatable bonds is 4. The zero-order chi connectivity index (χ0) is 14.7. The highest BCUT2D eigenvalue weighted by molar-refractivity contribution is 9.11. The van der Waals surface area contributed by atoms with Crippen molar-refractivity contribution >= 4 is 43.5 Å². The number of benzene rings is 2. The monoisotopic (exact) mass is 420 g/mol. The van der Waals surface area contributed by atoms with Gasteiger partial charge in [-0.1, -0.05) is 11.6 Å². The van der Waals surface area contributed by atoms with E-state index < -0.39 is 0 Å². The van der Waals surface area contributed by atoms with Gasteiger partial charge in [-0.2, -0.15) is 0 Å². The van der Waals surface area contributed by atoms with Crippen molar-refractivity contribution in [3.05, 3.63) is 49.9 Å². The molecule has 20 heavy (non-hydrogen) atoms. The van der Waals surface area contributed by atoms with Crippen LogP contribution >= 0.6 is 43.5 Å². The molecule has 0 saturated heterocycles. The minimum Gasteiger partial charge on any atom is -0.496 e. The minimum atomic E-state index is -0.148. The molecule has 1 N–H and O–H groups in total. The van der Waals surface area contributed by atoms with Gasteiger partial charge < -0.3 is 14.6 Å². The second-order valence-corrected chi connectivity index (χ2v) is 6.07. The van der Waals surface area contributed by atoms with Crippen molar-refractivity contribution in [2.75, 3.05) is 7.11 Å². The summed E-state index contributed by atoms with van der Waals surface area (Å²) in [5.74, 6) is 1.85. The summed E-state index contributed by atoms with van der Waals surface area (Å²) in [6, 6.07) is 8.69. The SMILES string of the molecule is COc1cc(Br)c(Oc2ccc(Cl)cc2CO)cc1Br. The first-order chi connectivity index (χ1) is 9.55. The highest BCUT2D eigenvalue weighted by atomic mass is 79.9. The lowest BCUT2D eigenvalue weighted by Gasteiger charge is -2.13. The van der Waals surface area contributed by atoms with Crippen LogP contribution in [0, 0.1) is 0 Å². The molecule has 0 aliphatic rings. The van der Waals surface area contributed by atoms with Crippen molar-refractivity contribution in [2.45, 2.75) is 6.61 Å². The van der Waals surface area contributed by atoms with Crippen molar-refractivity contribution in [3.8, 4) is 17.2 Å². The van der Waals surface area contributed by atoms with Crippen LogP contribution in [-0.4, -0.2) is 12.2 Å². The number of aliphatic hydroxyl groups is 1. The Bertz CT molecular complexity index is 632. The number of hydrogen-bond acceptors (Lipinski definition) is 3. The fourth-order valence-electron chi connectivity index (χ4n) is 1.63. The zero-order valence-electron chi connectivity index (χ0n) is 10.5. The third-order valence-electron chi connectivity index (χ3n) is 2.62. The average Bonchev–Trinajstić information content (AvgIpc) is 2.44. The normalized spacial score (nSPS) is 10.4.